The van der Waals surface area contributed by atoms with Crippen LogP contribution >= 0.6 is 0 Å². The highest BCUT2D eigenvalue weighted by atomic mass is 15.1. The minimum Gasteiger partial charge on any atom is -0.372 e. The Labute approximate surface area is 252 Å². The molecule has 2 aliphatic heterocycles. The van der Waals surface area contributed by atoms with Crippen molar-refractivity contribution in [3.05, 3.63) is 95.1 Å². The molecule has 214 valence electrons. The zero-order valence-corrected chi connectivity index (χ0v) is 25.9. The Morgan fingerprint density at radius 3 is 1.17 bits per heavy atom. The number of anilines is 2. The zero-order valence-electron chi connectivity index (χ0n) is 25.9. The summed E-state index contributed by atoms with van der Waals surface area (Å²) in [6.45, 7) is 13.6. The van der Waals surface area contributed by atoms with E-state index >= 15 is 0 Å². The molecule has 0 saturated carbocycles. The summed E-state index contributed by atoms with van der Waals surface area (Å²) >= 11 is 0. The van der Waals surface area contributed by atoms with E-state index in [1.54, 1.807) is 0 Å². The summed E-state index contributed by atoms with van der Waals surface area (Å²) in [4.78, 5) is 5.21. The quantitative estimate of drug-likeness (QED) is 0.205. The Morgan fingerprint density at radius 2 is 0.786 bits per heavy atom. The molecule has 42 heavy (non-hydrogen) atoms. The predicted octanol–water partition coefficient (Wildman–Crippen LogP) is 10.5. The molecule has 2 saturated heterocycles. The van der Waals surface area contributed by atoms with Crippen LogP contribution in [0.5, 0.6) is 0 Å². The topological polar surface area (TPSA) is 6.48 Å². The summed E-state index contributed by atoms with van der Waals surface area (Å²) in [6, 6.07) is 28.8. The minimum atomic E-state index is 1.15. The van der Waals surface area contributed by atoms with Crippen LogP contribution in [-0.2, 0) is 0 Å². The fourth-order valence-corrected chi connectivity index (χ4v) is 7.32. The number of hydrogen-bond donors (Lipinski definition) is 0. The van der Waals surface area contributed by atoms with E-state index in [0.717, 1.165) is 26.2 Å². The maximum absolute atomic E-state index is 2.60. The SMILES string of the molecule is Cc1ccc(-c2c3ccc(N4CCCCC4)cc3c(-c3ccc(C)c(C)c3)c3ccc(N4CCCCC4)cc23)cc1C. The van der Waals surface area contributed by atoms with Gasteiger partial charge in [0.2, 0.25) is 0 Å². The lowest BCUT2D eigenvalue weighted by Gasteiger charge is -2.30. The molecule has 0 bridgehead atoms. The van der Waals surface area contributed by atoms with E-state index in [2.05, 4.69) is 110 Å². The number of rotatable bonds is 4. The molecule has 0 unspecified atom stereocenters. The van der Waals surface area contributed by atoms with E-state index in [0.29, 0.717) is 0 Å². The summed E-state index contributed by atoms with van der Waals surface area (Å²) in [5.41, 5.74) is 13.5. The van der Waals surface area contributed by atoms with Gasteiger partial charge in [-0.3, -0.25) is 0 Å². The molecule has 0 radical (unpaired) electrons. The maximum atomic E-state index is 2.60. The number of hydrogen-bond acceptors (Lipinski definition) is 2. The molecule has 0 amide bonds. The third-order valence-corrected chi connectivity index (χ3v) is 10.1. The van der Waals surface area contributed by atoms with Crippen LogP contribution < -0.4 is 9.80 Å². The third-order valence-electron chi connectivity index (χ3n) is 10.1. The van der Waals surface area contributed by atoms with Gasteiger partial charge in [-0.2, -0.15) is 0 Å². The first-order chi connectivity index (χ1) is 20.5. The molecule has 0 N–H and O–H groups in total. The van der Waals surface area contributed by atoms with Gasteiger partial charge in [0.1, 0.15) is 0 Å². The Kier molecular flexibility index (Phi) is 7.18. The van der Waals surface area contributed by atoms with Gasteiger partial charge in [-0.1, -0.05) is 48.5 Å². The fourth-order valence-electron chi connectivity index (χ4n) is 7.32. The molecule has 2 heterocycles. The average Bonchev–Trinajstić information content (AvgIpc) is 3.03. The van der Waals surface area contributed by atoms with Gasteiger partial charge in [-0.25, -0.2) is 0 Å². The van der Waals surface area contributed by atoms with Gasteiger partial charge in [0, 0.05) is 37.6 Å². The Bertz CT molecular complexity index is 1650. The van der Waals surface area contributed by atoms with Gasteiger partial charge in [0.15, 0.2) is 0 Å². The van der Waals surface area contributed by atoms with Crippen molar-refractivity contribution >= 4 is 32.9 Å². The Balaban J connectivity index is 1.58. The molecule has 0 atom stereocenters. The first-order valence-corrected chi connectivity index (χ1v) is 16.2. The van der Waals surface area contributed by atoms with Crippen molar-refractivity contribution in [3.8, 4) is 22.3 Å². The Hall–Kier alpha value is -3.78. The van der Waals surface area contributed by atoms with E-state index in [9.17, 15) is 0 Å². The van der Waals surface area contributed by atoms with Crippen molar-refractivity contribution in [1.29, 1.82) is 0 Å². The number of fused-ring (bicyclic) bond motifs is 2. The van der Waals surface area contributed by atoms with Crippen molar-refractivity contribution in [3.63, 3.8) is 0 Å². The highest BCUT2D eigenvalue weighted by Crippen LogP contribution is 2.46. The third kappa shape index (κ3) is 4.85. The molecule has 2 fully saturated rings. The summed E-state index contributed by atoms with van der Waals surface area (Å²) in [7, 11) is 0. The summed E-state index contributed by atoms with van der Waals surface area (Å²) in [5, 5.41) is 5.45. The number of benzene rings is 5. The lowest BCUT2D eigenvalue weighted by molar-refractivity contribution is 0.578. The molecule has 2 nitrogen and oxygen atoms in total. The van der Waals surface area contributed by atoms with Crippen LogP contribution in [0.25, 0.3) is 43.8 Å². The predicted molar refractivity (Wildman–Crippen MR) is 183 cm³/mol. The summed E-state index contributed by atoms with van der Waals surface area (Å²) in [6.07, 6.45) is 7.83. The van der Waals surface area contributed by atoms with Crippen molar-refractivity contribution < 1.29 is 0 Å². The molecular weight excluding hydrogens is 508 g/mol. The fraction of sp³-hybridized carbons (Fsp3) is 0.350. The maximum Gasteiger partial charge on any atom is 0.0372 e. The van der Waals surface area contributed by atoms with Crippen LogP contribution in [0.15, 0.2) is 72.8 Å². The average molecular weight is 553 g/mol. The van der Waals surface area contributed by atoms with Crippen LogP contribution in [0.4, 0.5) is 11.4 Å². The van der Waals surface area contributed by atoms with Gasteiger partial charge in [-0.15, -0.1) is 0 Å². The van der Waals surface area contributed by atoms with Gasteiger partial charge in [0.25, 0.3) is 0 Å². The largest absolute Gasteiger partial charge is 0.372 e. The monoisotopic (exact) mass is 552 g/mol. The van der Waals surface area contributed by atoms with Crippen molar-refractivity contribution in [2.75, 3.05) is 36.0 Å². The van der Waals surface area contributed by atoms with Crippen molar-refractivity contribution in [1.82, 2.24) is 0 Å². The van der Waals surface area contributed by atoms with Crippen molar-refractivity contribution in [2.45, 2.75) is 66.2 Å². The van der Waals surface area contributed by atoms with E-state index < -0.39 is 0 Å². The van der Waals surface area contributed by atoms with E-state index in [1.807, 2.05) is 0 Å². The standard InChI is InChI=1S/C40H44N2/c1-27-11-13-31(23-29(27)3)39-35-17-15-34(42-21-9-6-10-22-42)26-38(35)40(32-14-12-28(2)30(4)24-32)36-18-16-33(25-37(36)39)41-19-7-5-8-20-41/h11-18,23-26H,5-10,19-22H2,1-4H3. The summed E-state index contributed by atoms with van der Waals surface area (Å²) in [5.74, 6) is 0. The lowest BCUT2D eigenvalue weighted by atomic mass is 9.84. The van der Waals surface area contributed by atoms with Gasteiger partial charge in [0.05, 0.1) is 0 Å². The molecule has 5 aromatic carbocycles. The summed E-state index contributed by atoms with van der Waals surface area (Å²) < 4.78 is 0. The normalized spacial score (nSPS) is 16.0. The molecule has 0 aromatic heterocycles. The van der Waals surface area contributed by atoms with E-state index in [4.69, 9.17) is 0 Å². The smallest absolute Gasteiger partial charge is 0.0372 e. The Morgan fingerprint density at radius 1 is 0.381 bits per heavy atom. The van der Waals surface area contributed by atoms with Gasteiger partial charge >= 0.3 is 0 Å². The second-order valence-electron chi connectivity index (χ2n) is 12.9. The molecule has 5 aromatic rings. The minimum absolute atomic E-state index is 1.15. The number of nitrogens with zero attached hydrogens (tertiary/aromatic N) is 2. The van der Waals surface area contributed by atoms with Crippen molar-refractivity contribution in [2.24, 2.45) is 0 Å². The van der Waals surface area contributed by atoms with Crippen LogP contribution in [0.1, 0.15) is 60.8 Å². The number of aryl methyl sites for hydroxylation is 4. The lowest BCUT2D eigenvalue weighted by Crippen LogP contribution is -2.29. The highest BCUT2D eigenvalue weighted by molar-refractivity contribution is 6.22. The van der Waals surface area contributed by atoms with Crippen LogP contribution in [0, 0.1) is 27.7 Å². The first kappa shape index (κ1) is 27.1. The first-order valence-electron chi connectivity index (χ1n) is 16.2. The van der Waals surface area contributed by atoms with Crippen LogP contribution in [0.3, 0.4) is 0 Å². The van der Waals surface area contributed by atoms with E-state index in [-0.39, 0.29) is 0 Å². The number of piperidine rings is 2. The molecule has 0 spiro atoms. The molecule has 7 rings (SSSR count). The molecule has 2 heteroatoms. The van der Waals surface area contributed by atoms with Crippen LogP contribution in [-0.4, -0.2) is 26.2 Å². The van der Waals surface area contributed by atoms with Crippen LogP contribution in [0.2, 0.25) is 0 Å². The van der Waals surface area contributed by atoms with E-state index in [1.165, 1.54) is 116 Å². The second kappa shape index (κ2) is 11.1. The second-order valence-corrected chi connectivity index (χ2v) is 12.9. The molecule has 0 aliphatic carbocycles. The van der Waals surface area contributed by atoms with Gasteiger partial charge < -0.3 is 9.80 Å². The zero-order chi connectivity index (χ0) is 28.8. The highest BCUT2D eigenvalue weighted by Gasteiger charge is 2.21. The molecular formula is C40H44N2. The van der Waals surface area contributed by atoms with Gasteiger partial charge in [-0.05, 0) is 157 Å². The molecule has 2 aliphatic rings.